The van der Waals surface area contributed by atoms with E-state index in [4.69, 9.17) is 6.42 Å². The number of nitrogens with zero attached hydrogens (tertiary/aromatic N) is 2. The Kier molecular flexibility index (Phi) is 4.11. The van der Waals surface area contributed by atoms with Crippen molar-refractivity contribution >= 4 is 5.82 Å². The van der Waals surface area contributed by atoms with Crippen LogP contribution in [0.3, 0.4) is 0 Å². The van der Waals surface area contributed by atoms with Crippen LogP contribution < -0.4 is 5.32 Å². The van der Waals surface area contributed by atoms with Gasteiger partial charge in [0.2, 0.25) is 0 Å². The molecule has 1 unspecified atom stereocenters. The van der Waals surface area contributed by atoms with E-state index in [0.29, 0.717) is 5.92 Å². The summed E-state index contributed by atoms with van der Waals surface area (Å²) in [6, 6.07) is 1.99. The lowest BCUT2D eigenvalue weighted by molar-refractivity contribution is 0.805. The van der Waals surface area contributed by atoms with Gasteiger partial charge in [0.1, 0.15) is 12.1 Å². The molecule has 0 spiro atoms. The molecule has 1 N–H and O–H groups in total. The van der Waals surface area contributed by atoms with Crippen molar-refractivity contribution in [1.29, 1.82) is 0 Å². The second-order valence-electron chi connectivity index (χ2n) is 3.75. The van der Waals surface area contributed by atoms with Gasteiger partial charge >= 0.3 is 0 Å². The number of aromatic nitrogens is 2. The predicted octanol–water partition coefficient (Wildman–Crippen LogP) is 2.42. The molecular weight excluding hydrogens is 186 g/mol. The topological polar surface area (TPSA) is 37.8 Å². The molecule has 1 rings (SSSR count). The lowest BCUT2D eigenvalue weighted by atomic mass is 10.1. The zero-order valence-electron chi connectivity index (χ0n) is 9.49. The van der Waals surface area contributed by atoms with Gasteiger partial charge in [0.25, 0.3) is 0 Å². The summed E-state index contributed by atoms with van der Waals surface area (Å²) in [5.74, 6) is 3.88. The van der Waals surface area contributed by atoms with Gasteiger partial charge in [-0.1, -0.05) is 26.7 Å². The minimum absolute atomic E-state index is 0.0416. The standard InChI is InChI=1S/C12H17N3/c1-5-10(6-2)15-12-7-11(9(3)4)13-8-14-12/h1,7-10H,6H2,2-4H3,(H,13,14,15). The Labute approximate surface area is 91.3 Å². The molecule has 0 radical (unpaired) electrons. The number of hydrogen-bond donors (Lipinski definition) is 1. The Morgan fingerprint density at radius 1 is 1.47 bits per heavy atom. The summed E-state index contributed by atoms with van der Waals surface area (Å²) in [4.78, 5) is 8.33. The molecule has 3 nitrogen and oxygen atoms in total. The third-order valence-corrected chi connectivity index (χ3v) is 2.21. The second-order valence-corrected chi connectivity index (χ2v) is 3.75. The fourth-order valence-electron chi connectivity index (χ4n) is 1.21. The Morgan fingerprint density at radius 2 is 2.20 bits per heavy atom. The van der Waals surface area contributed by atoms with Gasteiger partial charge in [0.05, 0.1) is 6.04 Å². The van der Waals surface area contributed by atoms with E-state index in [1.54, 1.807) is 6.33 Å². The summed E-state index contributed by atoms with van der Waals surface area (Å²) in [5, 5.41) is 3.19. The van der Waals surface area contributed by atoms with Gasteiger partial charge in [-0.25, -0.2) is 9.97 Å². The first-order valence-electron chi connectivity index (χ1n) is 5.22. The van der Waals surface area contributed by atoms with E-state index in [1.807, 2.05) is 13.0 Å². The molecule has 1 heterocycles. The number of terminal acetylenes is 1. The van der Waals surface area contributed by atoms with Gasteiger partial charge in [-0.05, 0) is 12.3 Å². The first kappa shape index (κ1) is 11.5. The number of nitrogens with one attached hydrogen (secondary N) is 1. The highest BCUT2D eigenvalue weighted by molar-refractivity contribution is 5.38. The SMILES string of the molecule is C#CC(CC)Nc1cc(C(C)C)ncn1. The van der Waals surface area contributed by atoms with Crippen molar-refractivity contribution in [3.05, 3.63) is 18.1 Å². The van der Waals surface area contributed by atoms with Crippen molar-refractivity contribution in [2.45, 2.75) is 39.2 Å². The van der Waals surface area contributed by atoms with Gasteiger partial charge in [-0.15, -0.1) is 6.42 Å². The van der Waals surface area contributed by atoms with Crippen LogP contribution in [-0.4, -0.2) is 16.0 Å². The van der Waals surface area contributed by atoms with E-state index in [1.165, 1.54) is 0 Å². The van der Waals surface area contributed by atoms with Gasteiger partial charge in [0.15, 0.2) is 0 Å². The van der Waals surface area contributed by atoms with Crippen LogP contribution in [0.15, 0.2) is 12.4 Å². The number of hydrogen-bond acceptors (Lipinski definition) is 3. The molecule has 1 aromatic heterocycles. The summed E-state index contributed by atoms with van der Waals surface area (Å²) >= 11 is 0. The van der Waals surface area contributed by atoms with Crippen molar-refractivity contribution in [3.63, 3.8) is 0 Å². The fourth-order valence-corrected chi connectivity index (χ4v) is 1.21. The lowest BCUT2D eigenvalue weighted by Crippen LogP contribution is -2.17. The van der Waals surface area contributed by atoms with Crippen molar-refractivity contribution in [3.8, 4) is 12.3 Å². The van der Waals surface area contributed by atoms with Crippen LogP contribution in [-0.2, 0) is 0 Å². The normalized spacial score (nSPS) is 12.2. The third-order valence-electron chi connectivity index (χ3n) is 2.21. The molecule has 0 fully saturated rings. The number of anilines is 1. The first-order chi connectivity index (χ1) is 7.17. The maximum Gasteiger partial charge on any atom is 0.130 e. The molecule has 0 bridgehead atoms. The Bertz CT molecular complexity index is 352. The smallest absolute Gasteiger partial charge is 0.130 e. The van der Waals surface area contributed by atoms with Crippen LogP contribution in [0.1, 0.15) is 38.8 Å². The van der Waals surface area contributed by atoms with Crippen LogP contribution in [0.25, 0.3) is 0 Å². The molecule has 1 atom stereocenters. The second kappa shape index (κ2) is 5.35. The van der Waals surface area contributed by atoms with Crippen LogP contribution in [0.4, 0.5) is 5.82 Å². The minimum atomic E-state index is 0.0416. The van der Waals surface area contributed by atoms with Crippen molar-refractivity contribution in [2.24, 2.45) is 0 Å². The summed E-state index contributed by atoms with van der Waals surface area (Å²) in [5.41, 5.74) is 1.03. The van der Waals surface area contributed by atoms with E-state index in [-0.39, 0.29) is 6.04 Å². The largest absolute Gasteiger partial charge is 0.356 e. The van der Waals surface area contributed by atoms with Crippen molar-refractivity contribution in [1.82, 2.24) is 9.97 Å². The molecule has 80 valence electrons. The molecule has 0 aliphatic rings. The maximum atomic E-state index is 5.37. The molecule has 3 heteroatoms. The van der Waals surface area contributed by atoms with E-state index >= 15 is 0 Å². The molecule has 15 heavy (non-hydrogen) atoms. The van der Waals surface area contributed by atoms with Crippen LogP contribution in [0, 0.1) is 12.3 Å². The average Bonchev–Trinajstić information content (AvgIpc) is 2.26. The molecule has 0 saturated heterocycles. The van der Waals surface area contributed by atoms with Gasteiger partial charge < -0.3 is 5.32 Å². The van der Waals surface area contributed by atoms with Gasteiger partial charge in [0, 0.05) is 11.8 Å². The molecular formula is C12H17N3. The summed E-state index contributed by atoms with van der Waals surface area (Å²) in [6.07, 6.45) is 7.83. The summed E-state index contributed by atoms with van der Waals surface area (Å²) in [6.45, 7) is 6.25. The third kappa shape index (κ3) is 3.25. The van der Waals surface area contributed by atoms with Crippen molar-refractivity contribution < 1.29 is 0 Å². The van der Waals surface area contributed by atoms with Crippen LogP contribution in [0.2, 0.25) is 0 Å². The maximum absolute atomic E-state index is 5.37. The molecule has 0 aliphatic carbocycles. The van der Waals surface area contributed by atoms with Crippen molar-refractivity contribution in [2.75, 3.05) is 5.32 Å². The number of rotatable bonds is 4. The average molecular weight is 203 g/mol. The summed E-state index contributed by atoms with van der Waals surface area (Å²) < 4.78 is 0. The molecule has 0 amide bonds. The minimum Gasteiger partial charge on any atom is -0.356 e. The van der Waals surface area contributed by atoms with E-state index in [0.717, 1.165) is 17.9 Å². The Morgan fingerprint density at radius 3 is 2.73 bits per heavy atom. The highest BCUT2D eigenvalue weighted by Crippen LogP contribution is 2.14. The first-order valence-corrected chi connectivity index (χ1v) is 5.22. The summed E-state index contributed by atoms with van der Waals surface area (Å²) in [7, 11) is 0. The van der Waals surface area contributed by atoms with Crippen LogP contribution >= 0.6 is 0 Å². The van der Waals surface area contributed by atoms with Gasteiger partial charge in [-0.2, -0.15) is 0 Å². The Balaban J connectivity index is 2.78. The molecule has 0 aromatic carbocycles. The van der Waals surface area contributed by atoms with Crippen LogP contribution in [0.5, 0.6) is 0 Å². The van der Waals surface area contributed by atoms with E-state index in [2.05, 4.69) is 35.1 Å². The quantitative estimate of drug-likeness (QED) is 0.764. The van der Waals surface area contributed by atoms with Gasteiger partial charge in [-0.3, -0.25) is 0 Å². The van der Waals surface area contributed by atoms with E-state index < -0.39 is 0 Å². The molecule has 0 aliphatic heterocycles. The zero-order chi connectivity index (χ0) is 11.3. The zero-order valence-corrected chi connectivity index (χ0v) is 9.49. The Hall–Kier alpha value is -1.56. The van der Waals surface area contributed by atoms with E-state index in [9.17, 15) is 0 Å². The molecule has 1 aromatic rings. The molecule has 0 saturated carbocycles. The highest BCUT2D eigenvalue weighted by atomic mass is 15.0. The lowest BCUT2D eigenvalue weighted by Gasteiger charge is -2.12. The fraction of sp³-hybridized carbons (Fsp3) is 0.500. The highest BCUT2D eigenvalue weighted by Gasteiger charge is 2.05. The monoisotopic (exact) mass is 203 g/mol. The predicted molar refractivity (Wildman–Crippen MR) is 62.7 cm³/mol.